The van der Waals surface area contributed by atoms with Gasteiger partial charge in [-0.1, -0.05) is 13.8 Å². The first-order valence-electron chi connectivity index (χ1n) is 9.17. The largest absolute Gasteiger partial charge is 0.492 e. The van der Waals surface area contributed by atoms with Gasteiger partial charge >= 0.3 is 0 Å². The molecule has 6 heteroatoms. The van der Waals surface area contributed by atoms with E-state index in [4.69, 9.17) is 14.2 Å². The molecule has 140 valence electrons. The highest BCUT2D eigenvalue weighted by Crippen LogP contribution is 2.39. The molecule has 1 heterocycles. The zero-order valence-corrected chi connectivity index (χ0v) is 15.8. The Labute approximate surface area is 150 Å². The highest BCUT2D eigenvalue weighted by atomic mass is 16.5. The summed E-state index contributed by atoms with van der Waals surface area (Å²) in [6.45, 7) is 11.9. The Bertz CT molecular complexity index is 571. The molecule has 1 fully saturated rings. The maximum absolute atomic E-state index is 12.3. The molecule has 1 aliphatic rings. The zero-order chi connectivity index (χ0) is 18.2. The van der Waals surface area contributed by atoms with Crippen molar-refractivity contribution >= 4 is 17.3 Å². The summed E-state index contributed by atoms with van der Waals surface area (Å²) in [6, 6.07) is 3.84. The van der Waals surface area contributed by atoms with E-state index in [1.807, 2.05) is 39.8 Å². The summed E-state index contributed by atoms with van der Waals surface area (Å²) in [5.41, 5.74) is 1.64. The van der Waals surface area contributed by atoms with E-state index in [9.17, 15) is 4.79 Å². The lowest BCUT2D eigenvalue weighted by molar-refractivity contribution is -0.119. The lowest BCUT2D eigenvalue weighted by Crippen LogP contribution is -2.36. The van der Waals surface area contributed by atoms with E-state index in [0.717, 1.165) is 30.9 Å². The van der Waals surface area contributed by atoms with Crippen LogP contribution in [0.3, 0.4) is 0 Å². The summed E-state index contributed by atoms with van der Waals surface area (Å²) >= 11 is 0. The molecule has 0 bridgehead atoms. The minimum absolute atomic E-state index is 0.00924. The second-order valence-electron chi connectivity index (χ2n) is 6.08. The predicted molar refractivity (Wildman–Crippen MR) is 99.9 cm³/mol. The lowest BCUT2D eigenvalue weighted by Gasteiger charge is -2.31. The molecule has 0 aliphatic carbocycles. The molecular weight excluding hydrogens is 320 g/mol. The number of rotatable bonds is 8. The molecule has 1 aromatic carbocycles. The first kappa shape index (κ1) is 19.4. The average Bonchev–Trinajstić information content (AvgIpc) is 2.64. The van der Waals surface area contributed by atoms with Gasteiger partial charge in [0.25, 0.3) is 0 Å². The fourth-order valence-corrected chi connectivity index (χ4v) is 2.69. The molecule has 1 atom stereocenters. The molecule has 0 aromatic heterocycles. The SMILES string of the molecule is CCOc1cc(N2CCOCC2)c(OCC)cc1NC(=O)C(C)CC. The summed E-state index contributed by atoms with van der Waals surface area (Å²) in [5, 5.41) is 2.99. The Hall–Kier alpha value is -1.95. The molecule has 1 aromatic rings. The van der Waals surface area contributed by atoms with E-state index in [-0.39, 0.29) is 11.8 Å². The first-order chi connectivity index (χ1) is 12.1. The van der Waals surface area contributed by atoms with Crippen LogP contribution in [0.5, 0.6) is 11.5 Å². The quantitative estimate of drug-likeness (QED) is 0.779. The van der Waals surface area contributed by atoms with Gasteiger partial charge in [-0.3, -0.25) is 4.79 Å². The van der Waals surface area contributed by atoms with Crippen LogP contribution in [0.25, 0.3) is 0 Å². The molecule has 1 aliphatic heterocycles. The number of nitrogens with one attached hydrogen (secondary N) is 1. The molecule has 1 saturated heterocycles. The van der Waals surface area contributed by atoms with Crippen molar-refractivity contribution in [3.8, 4) is 11.5 Å². The Morgan fingerprint density at radius 1 is 1.16 bits per heavy atom. The minimum Gasteiger partial charge on any atom is -0.492 e. The van der Waals surface area contributed by atoms with Crippen LogP contribution in [0.2, 0.25) is 0 Å². The number of nitrogens with zero attached hydrogens (tertiary/aromatic N) is 1. The van der Waals surface area contributed by atoms with Gasteiger partial charge in [-0.25, -0.2) is 0 Å². The molecule has 1 amide bonds. The molecule has 1 N–H and O–H groups in total. The topological polar surface area (TPSA) is 60.0 Å². The summed E-state index contributed by atoms with van der Waals surface area (Å²) in [5.74, 6) is 1.37. The van der Waals surface area contributed by atoms with Gasteiger partial charge in [0.05, 0.1) is 37.8 Å². The first-order valence-corrected chi connectivity index (χ1v) is 9.17. The Kier molecular flexibility index (Phi) is 7.37. The second kappa shape index (κ2) is 9.51. The number of hydrogen-bond acceptors (Lipinski definition) is 5. The fraction of sp³-hybridized carbons (Fsp3) is 0.632. The van der Waals surface area contributed by atoms with Crippen LogP contribution < -0.4 is 19.7 Å². The highest BCUT2D eigenvalue weighted by molar-refractivity contribution is 5.94. The van der Waals surface area contributed by atoms with Gasteiger partial charge in [0.1, 0.15) is 11.5 Å². The van der Waals surface area contributed by atoms with Gasteiger partial charge in [0.2, 0.25) is 5.91 Å². The van der Waals surface area contributed by atoms with E-state index in [1.54, 1.807) is 0 Å². The summed E-state index contributed by atoms with van der Waals surface area (Å²) in [6.07, 6.45) is 0.792. The van der Waals surface area contributed by atoms with E-state index in [0.29, 0.717) is 37.9 Å². The normalized spacial score (nSPS) is 15.6. The number of benzene rings is 1. The Morgan fingerprint density at radius 3 is 2.40 bits per heavy atom. The predicted octanol–water partition coefficient (Wildman–Crippen LogP) is 3.31. The molecule has 2 rings (SSSR count). The van der Waals surface area contributed by atoms with Crippen molar-refractivity contribution in [2.24, 2.45) is 5.92 Å². The third-order valence-electron chi connectivity index (χ3n) is 4.33. The van der Waals surface area contributed by atoms with Gasteiger partial charge in [-0.05, 0) is 20.3 Å². The third-order valence-corrected chi connectivity index (χ3v) is 4.33. The minimum atomic E-state index is -0.0519. The second-order valence-corrected chi connectivity index (χ2v) is 6.08. The Morgan fingerprint density at radius 2 is 1.80 bits per heavy atom. The van der Waals surface area contributed by atoms with Crippen molar-refractivity contribution in [3.05, 3.63) is 12.1 Å². The standard InChI is InChI=1S/C19H30N2O4/c1-5-14(4)19(22)20-15-12-18(25-7-3)16(13-17(15)24-6-2)21-8-10-23-11-9-21/h12-14H,5-11H2,1-4H3,(H,20,22). The van der Waals surface area contributed by atoms with Crippen LogP contribution in [0, 0.1) is 5.92 Å². The van der Waals surface area contributed by atoms with Crippen molar-refractivity contribution in [1.29, 1.82) is 0 Å². The average molecular weight is 350 g/mol. The number of anilines is 2. The summed E-state index contributed by atoms with van der Waals surface area (Å²) in [4.78, 5) is 14.6. The molecule has 25 heavy (non-hydrogen) atoms. The van der Waals surface area contributed by atoms with Gasteiger partial charge < -0.3 is 24.4 Å². The molecular formula is C19H30N2O4. The smallest absolute Gasteiger partial charge is 0.227 e. The summed E-state index contributed by atoms with van der Waals surface area (Å²) in [7, 11) is 0. The van der Waals surface area contributed by atoms with Gasteiger partial charge in [-0.2, -0.15) is 0 Å². The van der Waals surface area contributed by atoms with Gasteiger partial charge in [0.15, 0.2) is 0 Å². The van der Waals surface area contributed by atoms with Crippen LogP contribution in [0.15, 0.2) is 12.1 Å². The van der Waals surface area contributed by atoms with Crippen LogP contribution in [-0.2, 0) is 9.53 Å². The number of amides is 1. The molecule has 0 radical (unpaired) electrons. The zero-order valence-electron chi connectivity index (χ0n) is 15.8. The van der Waals surface area contributed by atoms with Crippen LogP contribution in [-0.4, -0.2) is 45.4 Å². The fourth-order valence-electron chi connectivity index (χ4n) is 2.69. The van der Waals surface area contributed by atoms with Crippen LogP contribution in [0.1, 0.15) is 34.1 Å². The van der Waals surface area contributed by atoms with Crippen molar-refractivity contribution in [2.75, 3.05) is 49.7 Å². The van der Waals surface area contributed by atoms with E-state index >= 15 is 0 Å². The number of ether oxygens (including phenoxy) is 3. The van der Waals surface area contributed by atoms with Crippen molar-refractivity contribution in [1.82, 2.24) is 0 Å². The highest BCUT2D eigenvalue weighted by Gasteiger charge is 2.21. The maximum Gasteiger partial charge on any atom is 0.227 e. The van der Waals surface area contributed by atoms with Gasteiger partial charge in [0, 0.05) is 31.1 Å². The molecule has 0 spiro atoms. The van der Waals surface area contributed by atoms with Crippen molar-refractivity contribution in [3.63, 3.8) is 0 Å². The number of morpholine rings is 1. The van der Waals surface area contributed by atoms with Crippen LogP contribution in [0.4, 0.5) is 11.4 Å². The maximum atomic E-state index is 12.3. The third kappa shape index (κ3) is 5.01. The van der Waals surface area contributed by atoms with E-state index in [2.05, 4.69) is 10.2 Å². The number of hydrogen-bond donors (Lipinski definition) is 1. The molecule has 0 saturated carbocycles. The van der Waals surface area contributed by atoms with Crippen LogP contribution >= 0.6 is 0 Å². The Balaban J connectivity index is 2.37. The molecule has 1 unspecified atom stereocenters. The molecule has 6 nitrogen and oxygen atoms in total. The van der Waals surface area contributed by atoms with Gasteiger partial charge in [-0.15, -0.1) is 0 Å². The van der Waals surface area contributed by atoms with Crippen molar-refractivity contribution in [2.45, 2.75) is 34.1 Å². The monoisotopic (exact) mass is 350 g/mol. The number of carbonyl (C=O) groups excluding carboxylic acids is 1. The van der Waals surface area contributed by atoms with Crippen molar-refractivity contribution < 1.29 is 19.0 Å². The number of carbonyl (C=O) groups is 1. The summed E-state index contributed by atoms with van der Waals surface area (Å²) < 4.78 is 17.1. The lowest BCUT2D eigenvalue weighted by atomic mass is 10.1. The van der Waals surface area contributed by atoms with E-state index < -0.39 is 0 Å². The van der Waals surface area contributed by atoms with E-state index in [1.165, 1.54) is 0 Å².